The van der Waals surface area contributed by atoms with Gasteiger partial charge in [0.1, 0.15) is 5.75 Å². The van der Waals surface area contributed by atoms with Crippen molar-refractivity contribution in [2.75, 3.05) is 13.7 Å². The summed E-state index contributed by atoms with van der Waals surface area (Å²) in [6.07, 6.45) is 0.954. The van der Waals surface area contributed by atoms with Crippen LogP contribution in [0.2, 0.25) is 0 Å². The molecule has 0 amide bonds. The Morgan fingerprint density at radius 1 is 1.24 bits per heavy atom. The van der Waals surface area contributed by atoms with Crippen molar-refractivity contribution in [3.8, 4) is 5.75 Å². The number of fused-ring (bicyclic) bond motifs is 1. The van der Waals surface area contributed by atoms with Crippen LogP contribution in [0, 0.1) is 10.1 Å². The van der Waals surface area contributed by atoms with Crippen molar-refractivity contribution in [2.45, 2.75) is 12.5 Å². The summed E-state index contributed by atoms with van der Waals surface area (Å²) in [5.41, 5.74) is 3.61. The van der Waals surface area contributed by atoms with Crippen LogP contribution in [0.25, 0.3) is 0 Å². The summed E-state index contributed by atoms with van der Waals surface area (Å²) in [5, 5.41) is 14.2. The second-order valence-electron chi connectivity index (χ2n) is 5.05. The SMILES string of the molecule is COc1ccc2c(c1)CCNC2c1ccc([N+](=O)[O-])cc1. The van der Waals surface area contributed by atoms with Crippen LogP contribution in [0.15, 0.2) is 42.5 Å². The van der Waals surface area contributed by atoms with Gasteiger partial charge in [-0.2, -0.15) is 0 Å². The minimum atomic E-state index is -0.378. The van der Waals surface area contributed by atoms with Crippen molar-refractivity contribution in [3.05, 3.63) is 69.3 Å². The van der Waals surface area contributed by atoms with Gasteiger partial charge in [0.2, 0.25) is 0 Å². The van der Waals surface area contributed by atoms with Gasteiger partial charge in [-0.05, 0) is 35.2 Å². The standard InChI is InChI=1S/C16H16N2O3/c1-21-14-6-7-15-12(10-14)8-9-17-16(15)11-2-4-13(5-3-11)18(19)20/h2-7,10,16-17H,8-9H2,1H3. The molecule has 2 aromatic rings. The summed E-state index contributed by atoms with van der Waals surface area (Å²) < 4.78 is 5.27. The highest BCUT2D eigenvalue weighted by Gasteiger charge is 2.22. The smallest absolute Gasteiger partial charge is 0.269 e. The van der Waals surface area contributed by atoms with Gasteiger partial charge in [-0.15, -0.1) is 0 Å². The number of nitro benzene ring substituents is 1. The van der Waals surface area contributed by atoms with E-state index in [4.69, 9.17) is 4.74 Å². The number of rotatable bonds is 3. The zero-order valence-corrected chi connectivity index (χ0v) is 11.7. The topological polar surface area (TPSA) is 64.4 Å². The molecule has 2 aromatic carbocycles. The molecule has 0 radical (unpaired) electrons. The first-order valence-corrected chi connectivity index (χ1v) is 6.83. The average Bonchev–Trinajstić information content (AvgIpc) is 2.53. The van der Waals surface area contributed by atoms with E-state index in [2.05, 4.69) is 17.4 Å². The van der Waals surface area contributed by atoms with Crippen LogP contribution in [0.1, 0.15) is 22.7 Å². The lowest BCUT2D eigenvalue weighted by atomic mass is 9.89. The number of nitro groups is 1. The summed E-state index contributed by atoms with van der Waals surface area (Å²) in [6, 6.07) is 12.9. The van der Waals surface area contributed by atoms with Gasteiger partial charge in [-0.3, -0.25) is 10.1 Å². The second-order valence-corrected chi connectivity index (χ2v) is 5.05. The minimum Gasteiger partial charge on any atom is -0.497 e. The number of hydrogen-bond donors (Lipinski definition) is 1. The molecule has 1 aliphatic heterocycles. The molecule has 0 fully saturated rings. The molecule has 1 N–H and O–H groups in total. The Hall–Kier alpha value is -2.40. The predicted molar refractivity (Wildman–Crippen MR) is 79.6 cm³/mol. The Kier molecular flexibility index (Phi) is 3.58. The van der Waals surface area contributed by atoms with Crippen LogP contribution in [0.5, 0.6) is 5.75 Å². The lowest BCUT2D eigenvalue weighted by molar-refractivity contribution is -0.384. The first kappa shape index (κ1) is 13.6. The van der Waals surface area contributed by atoms with E-state index in [1.54, 1.807) is 19.2 Å². The molecule has 3 rings (SSSR count). The van der Waals surface area contributed by atoms with E-state index >= 15 is 0 Å². The van der Waals surface area contributed by atoms with Gasteiger partial charge in [-0.25, -0.2) is 0 Å². The van der Waals surface area contributed by atoms with Crippen LogP contribution in [0.4, 0.5) is 5.69 Å². The lowest BCUT2D eigenvalue weighted by Gasteiger charge is -2.27. The third kappa shape index (κ3) is 2.60. The second kappa shape index (κ2) is 5.54. The number of hydrogen-bond acceptors (Lipinski definition) is 4. The molecule has 0 spiro atoms. The van der Waals surface area contributed by atoms with E-state index < -0.39 is 0 Å². The Labute approximate surface area is 122 Å². The minimum absolute atomic E-state index is 0.0699. The van der Waals surface area contributed by atoms with Crippen molar-refractivity contribution in [1.29, 1.82) is 0 Å². The third-order valence-electron chi connectivity index (χ3n) is 3.84. The van der Waals surface area contributed by atoms with Gasteiger partial charge in [0.05, 0.1) is 18.1 Å². The summed E-state index contributed by atoms with van der Waals surface area (Å²) in [7, 11) is 1.66. The van der Waals surface area contributed by atoms with Gasteiger partial charge < -0.3 is 10.1 Å². The Balaban J connectivity index is 1.96. The first-order chi connectivity index (χ1) is 10.2. The summed E-state index contributed by atoms with van der Waals surface area (Å²) in [6.45, 7) is 0.877. The van der Waals surface area contributed by atoms with E-state index in [0.29, 0.717) is 0 Å². The molecule has 5 nitrogen and oxygen atoms in total. The number of nitrogens with zero attached hydrogens (tertiary/aromatic N) is 1. The Bertz CT molecular complexity index is 668. The number of methoxy groups -OCH3 is 1. The Morgan fingerprint density at radius 2 is 2.00 bits per heavy atom. The highest BCUT2D eigenvalue weighted by molar-refractivity contribution is 5.45. The van der Waals surface area contributed by atoms with Crippen molar-refractivity contribution in [1.82, 2.24) is 5.32 Å². The fourth-order valence-electron chi connectivity index (χ4n) is 2.75. The molecule has 0 aliphatic carbocycles. The summed E-state index contributed by atoms with van der Waals surface area (Å²) >= 11 is 0. The van der Waals surface area contributed by atoms with E-state index in [9.17, 15) is 10.1 Å². The van der Waals surface area contributed by atoms with E-state index in [0.717, 1.165) is 24.3 Å². The van der Waals surface area contributed by atoms with Gasteiger partial charge in [-0.1, -0.05) is 18.2 Å². The molecule has 1 aliphatic rings. The summed E-state index contributed by atoms with van der Waals surface area (Å²) in [5.74, 6) is 0.859. The molecule has 0 saturated heterocycles. The zero-order valence-electron chi connectivity index (χ0n) is 11.7. The number of nitrogens with one attached hydrogen (secondary N) is 1. The van der Waals surface area contributed by atoms with Crippen molar-refractivity contribution < 1.29 is 9.66 Å². The number of non-ortho nitro benzene ring substituents is 1. The molecule has 108 valence electrons. The van der Waals surface area contributed by atoms with Crippen molar-refractivity contribution in [3.63, 3.8) is 0 Å². The lowest BCUT2D eigenvalue weighted by Crippen LogP contribution is -2.30. The molecule has 5 heteroatoms. The van der Waals surface area contributed by atoms with Crippen LogP contribution >= 0.6 is 0 Å². The van der Waals surface area contributed by atoms with Gasteiger partial charge >= 0.3 is 0 Å². The van der Waals surface area contributed by atoms with Crippen LogP contribution in [-0.2, 0) is 6.42 Å². The van der Waals surface area contributed by atoms with Crippen LogP contribution in [-0.4, -0.2) is 18.6 Å². The van der Waals surface area contributed by atoms with Gasteiger partial charge in [0.15, 0.2) is 0 Å². The maximum atomic E-state index is 10.7. The van der Waals surface area contributed by atoms with Crippen molar-refractivity contribution in [2.24, 2.45) is 0 Å². The summed E-state index contributed by atoms with van der Waals surface area (Å²) in [4.78, 5) is 10.4. The highest BCUT2D eigenvalue weighted by atomic mass is 16.6. The molecule has 0 bridgehead atoms. The Morgan fingerprint density at radius 3 is 2.67 bits per heavy atom. The molecule has 0 aromatic heterocycles. The average molecular weight is 284 g/mol. The molecule has 1 atom stereocenters. The van der Waals surface area contributed by atoms with Crippen molar-refractivity contribution >= 4 is 5.69 Å². The highest BCUT2D eigenvalue weighted by Crippen LogP contribution is 2.31. The molecular formula is C16H16N2O3. The molecule has 21 heavy (non-hydrogen) atoms. The first-order valence-electron chi connectivity index (χ1n) is 6.83. The fourth-order valence-corrected chi connectivity index (χ4v) is 2.75. The van der Waals surface area contributed by atoms with Crippen LogP contribution < -0.4 is 10.1 Å². The number of ether oxygens (including phenoxy) is 1. The maximum Gasteiger partial charge on any atom is 0.269 e. The third-order valence-corrected chi connectivity index (χ3v) is 3.84. The predicted octanol–water partition coefficient (Wildman–Crippen LogP) is 2.84. The number of benzene rings is 2. The van der Waals surface area contributed by atoms with E-state index in [1.807, 2.05) is 18.2 Å². The van der Waals surface area contributed by atoms with E-state index in [1.165, 1.54) is 11.1 Å². The van der Waals surface area contributed by atoms with E-state index in [-0.39, 0.29) is 16.7 Å². The van der Waals surface area contributed by atoms with Gasteiger partial charge in [0, 0.05) is 18.7 Å². The quantitative estimate of drug-likeness (QED) is 0.695. The van der Waals surface area contributed by atoms with Gasteiger partial charge in [0.25, 0.3) is 5.69 Å². The zero-order chi connectivity index (χ0) is 14.8. The molecule has 1 unspecified atom stereocenters. The molecule has 0 saturated carbocycles. The fraction of sp³-hybridized carbons (Fsp3) is 0.250. The molecular weight excluding hydrogens is 268 g/mol. The largest absolute Gasteiger partial charge is 0.497 e. The normalized spacial score (nSPS) is 17.1. The monoisotopic (exact) mass is 284 g/mol. The maximum absolute atomic E-state index is 10.7. The van der Waals surface area contributed by atoms with Crippen LogP contribution in [0.3, 0.4) is 0 Å². The molecule has 1 heterocycles.